The number of aliphatic hydroxyl groups excluding tert-OH is 10. The van der Waals surface area contributed by atoms with Gasteiger partial charge in [0, 0.05) is 19.3 Å². The Bertz CT molecular complexity index is 2110. The molecule has 3 fully saturated rings. The lowest BCUT2D eigenvalue weighted by molar-refractivity contribution is -0.360. The molecule has 0 bridgehead atoms. The van der Waals surface area contributed by atoms with E-state index >= 15 is 0 Å². The van der Waals surface area contributed by atoms with Crippen molar-refractivity contribution in [3.63, 3.8) is 0 Å². The van der Waals surface area contributed by atoms with Crippen LogP contribution in [0.25, 0.3) is 0 Å². The van der Waals surface area contributed by atoms with Gasteiger partial charge in [0.05, 0.1) is 13.2 Å². The van der Waals surface area contributed by atoms with Crippen LogP contribution in [0, 0.1) is 0 Å². The molecule has 2 saturated heterocycles. The number of aliphatic hydroxyl groups is 10. The molecule has 0 spiro atoms. The molecule has 1 saturated carbocycles. The summed E-state index contributed by atoms with van der Waals surface area (Å²) < 4.78 is 65.1. The summed E-state index contributed by atoms with van der Waals surface area (Å²) in [5.74, 6) is -1.98. The predicted molar refractivity (Wildman–Crippen MR) is 379 cm³/mol. The fraction of sp³-hybridized carbons (Fsp3) is 0.933. The molecule has 25 heteroatoms. The van der Waals surface area contributed by atoms with Crippen molar-refractivity contribution in [3.8, 4) is 0 Å². The van der Waals surface area contributed by atoms with Gasteiger partial charge < -0.3 is 89.1 Å². The Morgan fingerprint density at radius 1 is 0.380 bits per heavy atom. The van der Waals surface area contributed by atoms with E-state index in [9.17, 15) is 74.9 Å². The van der Waals surface area contributed by atoms with E-state index in [1.165, 1.54) is 148 Å². The molecule has 3 rings (SSSR count). The lowest BCUT2D eigenvalue weighted by Crippen LogP contribution is -2.69. The van der Waals surface area contributed by atoms with Gasteiger partial charge in [0.15, 0.2) is 18.7 Å². The Labute approximate surface area is 599 Å². The summed E-state index contributed by atoms with van der Waals surface area (Å²) >= 11 is 0. The first-order valence-corrected chi connectivity index (χ1v) is 41.0. The smallest absolute Gasteiger partial charge is 0.463 e. The normalized spacial score (nSPS) is 27.3. The molecule has 100 heavy (non-hydrogen) atoms. The number of esters is 3. The lowest BCUT2D eigenvalue weighted by Gasteiger charge is -2.49. The molecule has 0 aromatic heterocycles. The van der Waals surface area contributed by atoms with Crippen molar-refractivity contribution in [2.75, 3.05) is 26.4 Å². The maximum absolute atomic E-state index is 14.3. The van der Waals surface area contributed by atoms with Crippen LogP contribution in [-0.4, -0.2) is 204 Å². The van der Waals surface area contributed by atoms with Gasteiger partial charge in [0.25, 0.3) is 0 Å². The molecule has 18 unspecified atom stereocenters. The summed E-state index contributed by atoms with van der Waals surface area (Å²) in [5.41, 5.74) is 0. The summed E-state index contributed by atoms with van der Waals surface area (Å²) in [6.45, 7) is 3.47. The van der Waals surface area contributed by atoms with Crippen LogP contribution in [-0.2, 0) is 61.2 Å². The molecule has 11 N–H and O–H groups in total. The second-order valence-electron chi connectivity index (χ2n) is 28.4. The zero-order chi connectivity index (χ0) is 73.2. The zero-order valence-electron chi connectivity index (χ0n) is 61.5. The minimum absolute atomic E-state index is 0.0249. The van der Waals surface area contributed by atoms with E-state index in [4.69, 9.17) is 42.2 Å². The van der Waals surface area contributed by atoms with Gasteiger partial charge in [-0.05, 0) is 44.9 Å². The summed E-state index contributed by atoms with van der Waals surface area (Å²) in [4.78, 5) is 51.1. The van der Waals surface area contributed by atoms with Gasteiger partial charge >= 0.3 is 25.7 Å². The second-order valence-corrected chi connectivity index (χ2v) is 29.8. The van der Waals surface area contributed by atoms with Crippen molar-refractivity contribution in [1.29, 1.82) is 0 Å². The van der Waals surface area contributed by atoms with Crippen molar-refractivity contribution < 1.29 is 117 Å². The van der Waals surface area contributed by atoms with Crippen LogP contribution in [0.4, 0.5) is 0 Å². The highest BCUT2D eigenvalue weighted by molar-refractivity contribution is 7.47. The third kappa shape index (κ3) is 39.3. The first-order valence-electron chi connectivity index (χ1n) is 39.5. The fourth-order valence-electron chi connectivity index (χ4n) is 13.1. The van der Waals surface area contributed by atoms with Crippen molar-refractivity contribution in [2.45, 2.75) is 420 Å². The first kappa shape index (κ1) is 91.9. The van der Waals surface area contributed by atoms with Crippen molar-refractivity contribution in [1.82, 2.24) is 0 Å². The van der Waals surface area contributed by atoms with Gasteiger partial charge in [-0.15, -0.1) is 0 Å². The summed E-state index contributed by atoms with van der Waals surface area (Å²) in [7, 11) is -5.69. The average Bonchev–Trinajstić information content (AvgIpc) is 0.765. The van der Waals surface area contributed by atoms with E-state index in [1.54, 1.807) is 0 Å². The number of allylic oxidation sites excluding steroid dienone is 2. The van der Waals surface area contributed by atoms with E-state index in [0.29, 0.717) is 19.3 Å². The molecule has 3 aliphatic rings. The van der Waals surface area contributed by atoms with Crippen LogP contribution >= 0.6 is 7.82 Å². The maximum Gasteiger partial charge on any atom is 0.472 e. The van der Waals surface area contributed by atoms with Gasteiger partial charge in [-0.3, -0.25) is 23.4 Å². The molecule has 588 valence electrons. The van der Waals surface area contributed by atoms with E-state index in [-0.39, 0.29) is 19.3 Å². The molecule has 0 radical (unpaired) electrons. The number of hydrogen-bond donors (Lipinski definition) is 11. The van der Waals surface area contributed by atoms with Gasteiger partial charge in [0.2, 0.25) is 0 Å². The molecule has 1 aliphatic carbocycles. The van der Waals surface area contributed by atoms with E-state index in [0.717, 1.165) is 109 Å². The number of phosphoric acid groups is 1. The molecule has 0 aromatic carbocycles. The second kappa shape index (κ2) is 57.0. The summed E-state index contributed by atoms with van der Waals surface area (Å²) in [6, 6.07) is 0. The fourth-order valence-corrected chi connectivity index (χ4v) is 14.1. The van der Waals surface area contributed by atoms with Crippen molar-refractivity contribution >= 4 is 25.7 Å². The van der Waals surface area contributed by atoms with Crippen LogP contribution < -0.4 is 0 Å². The molecule has 2 aliphatic heterocycles. The SMILES string of the molecule is CCCCCC/C=C\CCCCCCCCCC(=O)OCC1OC(OC2C(O)C(O)C(O)C(OC3OC(CO)C(O)C(O)C3O)C2OP(=O)(O)OCC(COC(=O)CCCCCCCCCCCCCCCCCCC)OC(=O)CCCCCCCCCCCCCCC)C(O)C(O)C1O. The van der Waals surface area contributed by atoms with Crippen molar-refractivity contribution in [2.24, 2.45) is 0 Å². The molecule has 18 atom stereocenters. The standard InChI is InChI=1S/C75H139O24P/c1-4-7-10-13-16-19-22-25-27-28-30-33-34-37-40-43-46-49-59(77)91-53-56(94-61(79)51-48-45-42-39-36-31-24-21-18-15-12-9-6-3)54-93-100(89,90)99-73-71(97-74-69(87)64(82)62(80)57(52-76)95-74)67(85)66(84)68(86)72(73)98-75-70(88)65(83)63(81)58(96-75)55-92-60(78)50-47-44-41-38-35-32-29-26-23-20-17-14-11-8-5-2/h20,23,56-58,62-76,80-88H,4-19,21-22,24-55H2,1-3H3,(H,89,90)/b23-20-. The Morgan fingerprint density at radius 3 is 1.09 bits per heavy atom. The van der Waals surface area contributed by atoms with Crippen LogP contribution in [0.2, 0.25) is 0 Å². The highest BCUT2D eigenvalue weighted by Crippen LogP contribution is 2.49. The monoisotopic (exact) mass is 1450 g/mol. The minimum Gasteiger partial charge on any atom is -0.463 e. The molecule has 24 nitrogen and oxygen atoms in total. The molecule has 0 aromatic rings. The molecule has 2 heterocycles. The highest BCUT2D eigenvalue weighted by Gasteiger charge is 2.58. The number of carbonyl (C=O) groups is 3. The maximum atomic E-state index is 14.3. The molecular formula is C75H139O24P. The number of carbonyl (C=O) groups excluding carboxylic acids is 3. The number of ether oxygens (including phenoxy) is 7. The Morgan fingerprint density at radius 2 is 0.700 bits per heavy atom. The van der Waals surface area contributed by atoms with Gasteiger partial charge in [-0.1, -0.05) is 264 Å². The topological polar surface area (TPSA) is 374 Å². The zero-order valence-corrected chi connectivity index (χ0v) is 62.4. The summed E-state index contributed by atoms with van der Waals surface area (Å²) in [6.07, 6.45) is 16.9. The van der Waals surface area contributed by atoms with Gasteiger partial charge in [0.1, 0.15) is 98.7 Å². The van der Waals surface area contributed by atoms with E-state index < -0.39 is 156 Å². The molecular weight excluding hydrogens is 1320 g/mol. The van der Waals surface area contributed by atoms with Crippen LogP contribution in [0.5, 0.6) is 0 Å². The predicted octanol–water partition coefficient (Wildman–Crippen LogP) is 11.5. The lowest BCUT2D eigenvalue weighted by atomic mass is 9.84. The third-order valence-corrected chi connectivity index (χ3v) is 20.5. The van der Waals surface area contributed by atoms with Crippen LogP contribution in [0.15, 0.2) is 12.2 Å². The Balaban J connectivity index is 1.71. The number of hydrogen-bond acceptors (Lipinski definition) is 23. The van der Waals surface area contributed by atoms with E-state index in [2.05, 4.69) is 32.9 Å². The average molecular weight is 1460 g/mol. The highest BCUT2D eigenvalue weighted by atomic mass is 31.2. The number of unbranched alkanes of at least 4 members (excludes halogenated alkanes) is 39. The first-order chi connectivity index (χ1) is 48.3. The Kier molecular flexibility index (Phi) is 52.3. The Hall–Kier alpha value is -2.30. The van der Waals surface area contributed by atoms with Crippen molar-refractivity contribution in [3.05, 3.63) is 12.2 Å². The van der Waals surface area contributed by atoms with E-state index in [1.807, 2.05) is 0 Å². The van der Waals surface area contributed by atoms with Gasteiger partial charge in [-0.25, -0.2) is 4.57 Å². The number of phosphoric ester groups is 1. The largest absolute Gasteiger partial charge is 0.472 e. The summed E-state index contributed by atoms with van der Waals surface area (Å²) in [5, 5.41) is 110. The van der Waals surface area contributed by atoms with Gasteiger partial charge in [-0.2, -0.15) is 0 Å². The van der Waals surface area contributed by atoms with Crippen LogP contribution in [0.1, 0.15) is 316 Å². The quantitative estimate of drug-likeness (QED) is 0.00886. The third-order valence-electron chi connectivity index (χ3n) is 19.5. The number of rotatable bonds is 62. The minimum atomic E-state index is -5.69. The van der Waals surface area contributed by atoms with Crippen LogP contribution in [0.3, 0.4) is 0 Å². The molecule has 0 amide bonds.